The SMILES string of the molecule is Cl.N#Cc1ccc(N2CCC(C(=O)N3CCCN(C4CCC4)CC3)CC2)cn1. The van der Waals surface area contributed by atoms with Crippen LogP contribution in [0.2, 0.25) is 0 Å². The van der Waals surface area contributed by atoms with Crippen molar-refractivity contribution >= 4 is 24.0 Å². The second kappa shape index (κ2) is 9.58. The number of halogens is 1. The maximum Gasteiger partial charge on any atom is 0.225 e. The second-order valence-electron chi connectivity index (χ2n) is 8.07. The third-order valence-electron chi connectivity index (χ3n) is 6.51. The summed E-state index contributed by atoms with van der Waals surface area (Å²) in [5, 5.41) is 8.87. The van der Waals surface area contributed by atoms with Crippen LogP contribution >= 0.6 is 12.4 Å². The van der Waals surface area contributed by atoms with Crippen LogP contribution in [-0.2, 0) is 4.79 Å². The molecule has 6 nitrogen and oxygen atoms in total. The highest BCUT2D eigenvalue weighted by Gasteiger charge is 2.31. The summed E-state index contributed by atoms with van der Waals surface area (Å²) in [5.41, 5.74) is 1.49. The molecule has 0 unspecified atom stereocenters. The van der Waals surface area contributed by atoms with Crippen LogP contribution in [0.25, 0.3) is 0 Å². The average molecular weight is 404 g/mol. The Kier molecular flexibility index (Phi) is 7.14. The zero-order chi connectivity index (χ0) is 18.6. The molecular weight excluding hydrogens is 374 g/mol. The molecular formula is C21H30ClN5O. The van der Waals surface area contributed by atoms with Crippen molar-refractivity contribution in [2.45, 2.75) is 44.6 Å². The van der Waals surface area contributed by atoms with Gasteiger partial charge in [0, 0.05) is 51.2 Å². The van der Waals surface area contributed by atoms with Gasteiger partial charge >= 0.3 is 0 Å². The van der Waals surface area contributed by atoms with Gasteiger partial charge in [-0.1, -0.05) is 6.42 Å². The Labute approximate surface area is 173 Å². The van der Waals surface area contributed by atoms with E-state index in [1.165, 1.54) is 19.3 Å². The summed E-state index contributed by atoms with van der Waals surface area (Å²) in [6, 6.07) is 6.55. The molecule has 0 atom stereocenters. The number of rotatable bonds is 3. The Hall–Kier alpha value is -1.84. The summed E-state index contributed by atoms with van der Waals surface area (Å²) in [4.78, 5) is 24.2. The summed E-state index contributed by atoms with van der Waals surface area (Å²) in [7, 11) is 0. The number of nitrogens with zero attached hydrogens (tertiary/aromatic N) is 5. The Bertz CT molecular complexity index is 692. The van der Waals surface area contributed by atoms with E-state index >= 15 is 0 Å². The summed E-state index contributed by atoms with van der Waals surface area (Å²) >= 11 is 0. The number of pyridine rings is 1. The minimum absolute atomic E-state index is 0. The lowest BCUT2D eigenvalue weighted by Gasteiger charge is -2.37. The van der Waals surface area contributed by atoms with Gasteiger partial charge in [-0.3, -0.25) is 9.69 Å². The van der Waals surface area contributed by atoms with Crippen LogP contribution < -0.4 is 4.90 Å². The van der Waals surface area contributed by atoms with Gasteiger partial charge in [0.25, 0.3) is 0 Å². The van der Waals surface area contributed by atoms with Crippen LogP contribution in [-0.4, -0.2) is 66.0 Å². The highest BCUT2D eigenvalue weighted by Crippen LogP contribution is 2.27. The number of piperidine rings is 1. The van der Waals surface area contributed by atoms with Crippen LogP contribution in [0.4, 0.5) is 5.69 Å². The molecule has 0 N–H and O–H groups in total. The van der Waals surface area contributed by atoms with Crippen molar-refractivity contribution < 1.29 is 4.79 Å². The number of carbonyl (C=O) groups is 1. The molecule has 7 heteroatoms. The van der Waals surface area contributed by atoms with Gasteiger partial charge in [-0.25, -0.2) is 4.98 Å². The first-order valence-corrected chi connectivity index (χ1v) is 10.4. The van der Waals surface area contributed by atoms with Gasteiger partial charge in [0.15, 0.2) is 0 Å². The monoisotopic (exact) mass is 403 g/mol. The third kappa shape index (κ3) is 4.59. The first-order chi connectivity index (χ1) is 13.2. The maximum atomic E-state index is 13.0. The van der Waals surface area contributed by atoms with Crippen molar-refractivity contribution in [2.75, 3.05) is 44.2 Å². The first-order valence-electron chi connectivity index (χ1n) is 10.4. The van der Waals surface area contributed by atoms with Gasteiger partial charge in [-0.2, -0.15) is 5.26 Å². The number of hydrogen-bond acceptors (Lipinski definition) is 5. The first kappa shape index (κ1) is 20.9. The molecule has 28 heavy (non-hydrogen) atoms. The quantitative estimate of drug-likeness (QED) is 0.776. The molecule has 1 aromatic heterocycles. The van der Waals surface area contributed by atoms with Crippen LogP contribution in [0.3, 0.4) is 0 Å². The van der Waals surface area contributed by atoms with E-state index in [1.807, 2.05) is 6.07 Å². The topological polar surface area (TPSA) is 63.5 Å². The molecule has 2 aliphatic heterocycles. The van der Waals surface area contributed by atoms with Gasteiger partial charge in [-0.05, 0) is 44.2 Å². The van der Waals surface area contributed by atoms with E-state index in [1.54, 1.807) is 12.3 Å². The lowest BCUT2D eigenvalue weighted by Crippen LogP contribution is -2.45. The molecule has 152 valence electrons. The Morgan fingerprint density at radius 1 is 1.00 bits per heavy atom. The predicted octanol–water partition coefficient (Wildman–Crippen LogP) is 2.68. The van der Waals surface area contributed by atoms with Crippen LogP contribution in [0, 0.1) is 17.2 Å². The van der Waals surface area contributed by atoms with E-state index in [2.05, 4.69) is 25.8 Å². The third-order valence-corrected chi connectivity index (χ3v) is 6.51. The van der Waals surface area contributed by atoms with Crippen molar-refractivity contribution in [2.24, 2.45) is 5.92 Å². The molecule has 4 rings (SSSR count). The van der Waals surface area contributed by atoms with E-state index in [0.717, 1.165) is 70.3 Å². The zero-order valence-corrected chi connectivity index (χ0v) is 17.2. The lowest BCUT2D eigenvalue weighted by molar-refractivity contribution is -0.136. The Morgan fingerprint density at radius 3 is 2.39 bits per heavy atom. The fourth-order valence-electron chi connectivity index (χ4n) is 4.56. The molecule has 1 aliphatic carbocycles. The van der Waals surface area contributed by atoms with Crippen molar-refractivity contribution in [3.63, 3.8) is 0 Å². The second-order valence-corrected chi connectivity index (χ2v) is 8.07. The van der Waals surface area contributed by atoms with Crippen molar-refractivity contribution in [3.05, 3.63) is 24.0 Å². The molecule has 0 radical (unpaired) electrons. The number of carbonyl (C=O) groups excluding carboxylic acids is 1. The summed E-state index contributed by atoms with van der Waals surface area (Å²) in [6.07, 6.45) is 8.75. The van der Waals surface area contributed by atoms with Crippen LogP contribution in [0.1, 0.15) is 44.2 Å². The molecule has 0 aromatic carbocycles. The standard InChI is InChI=1S/C21H29N5O.ClH/c22-15-18-5-6-20(16-23-18)25-11-7-17(8-12-25)21(27)26-10-2-9-24(13-14-26)19-3-1-4-19;/h5-6,16-17,19H,1-4,7-14H2;1H. The Balaban J connectivity index is 0.00000225. The highest BCUT2D eigenvalue weighted by molar-refractivity contribution is 5.85. The molecule has 1 saturated carbocycles. The number of nitriles is 1. The predicted molar refractivity (Wildman–Crippen MR) is 112 cm³/mol. The molecule has 3 heterocycles. The highest BCUT2D eigenvalue weighted by atomic mass is 35.5. The van der Waals surface area contributed by atoms with E-state index in [9.17, 15) is 4.79 Å². The summed E-state index contributed by atoms with van der Waals surface area (Å²) < 4.78 is 0. The van der Waals surface area contributed by atoms with E-state index < -0.39 is 0 Å². The fraction of sp³-hybridized carbons (Fsp3) is 0.667. The molecule has 3 fully saturated rings. The number of anilines is 1. The van der Waals surface area contributed by atoms with Crippen molar-refractivity contribution in [1.29, 1.82) is 5.26 Å². The Morgan fingerprint density at radius 2 is 1.79 bits per heavy atom. The average Bonchev–Trinajstić information content (AvgIpc) is 2.92. The maximum absolute atomic E-state index is 13.0. The number of hydrogen-bond donors (Lipinski definition) is 0. The molecule has 2 saturated heterocycles. The van der Waals surface area contributed by atoms with Crippen LogP contribution in [0.15, 0.2) is 18.3 Å². The minimum Gasteiger partial charge on any atom is -0.370 e. The van der Waals surface area contributed by atoms with Crippen LogP contribution in [0.5, 0.6) is 0 Å². The van der Waals surface area contributed by atoms with Gasteiger partial charge < -0.3 is 9.80 Å². The van der Waals surface area contributed by atoms with E-state index in [-0.39, 0.29) is 18.3 Å². The molecule has 1 aromatic rings. The molecule has 0 bridgehead atoms. The smallest absolute Gasteiger partial charge is 0.225 e. The fourth-order valence-corrected chi connectivity index (χ4v) is 4.56. The van der Waals surface area contributed by atoms with Crippen molar-refractivity contribution in [1.82, 2.24) is 14.8 Å². The van der Waals surface area contributed by atoms with E-state index in [0.29, 0.717) is 11.6 Å². The van der Waals surface area contributed by atoms with E-state index in [4.69, 9.17) is 5.26 Å². The molecule has 1 amide bonds. The van der Waals surface area contributed by atoms with Gasteiger partial charge in [0.2, 0.25) is 5.91 Å². The normalized spacial score (nSPS) is 22.0. The van der Waals surface area contributed by atoms with Crippen molar-refractivity contribution in [3.8, 4) is 6.07 Å². The largest absolute Gasteiger partial charge is 0.370 e. The molecule has 3 aliphatic rings. The number of aromatic nitrogens is 1. The number of amides is 1. The zero-order valence-electron chi connectivity index (χ0n) is 16.4. The van der Waals surface area contributed by atoms with Gasteiger partial charge in [-0.15, -0.1) is 12.4 Å². The van der Waals surface area contributed by atoms with Gasteiger partial charge in [0.1, 0.15) is 11.8 Å². The lowest BCUT2D eigenvalue weighted by atomic mass is 9.91. The minimum atomic E-state index is 0. The molecule has 0 spiro atoms. The summed E-state index contributed by atoms with van der Waals surface area (Å²) in [5.74, 6) is 0.519. The summed E-state index contributed by atoms with van der Waals surface area (Å²) in [6.45, 7) is 5.78. The van der Waals surface area contributed by atoms with Gasteiger partial charge in [0.05, 0.1) is 11.9 Å².